The van der Waals surface area contributed by atoms with Crippen molar-refractivity contribution in [3.63, 3.8) is 0 Å². The zero-order valence-electron chi connectivity index (χ0n) is 9.77. The standard InChI is InChI=1S/C12H8F3NO4/c13-12(14,15)6-3-1-2-5(4-6)7-8(11(19)20)10(18)16-9(7)17/h1-4,7-8H,(H,19,20)(H,16,17,18)/t7-,8-/m0/s1. The number of aliphatic carboxylic acids is 1. The first-order valence-electron chi connectivity index (χ1n) is 5.46. The molecule has 1 aromatic carbocycles. The van der Waals surface area contributed by atoms with Gasteiger partial charge < -0.3 is 5.11 Å². The molecule has 8 heteroatoms. The predicted octanol–water partition coefficient (Wildman–Crippen LogP) is 1.15. The van der Waals surface area contributed by atoms with Crippen LogP contribution in [-0.2, 0) is 20.6 Å². The summed E-state index contributed by atoms with van der Waals surface area (Å²) in [4.78, 5) is 33.9. The molecule has 0 spiro atoms. The van der Waals surface area contributed by atoms with Crippen molar-refractivity contribution in [2.24, 2.45) is 5.92 Å². The third-order valence-corrected chi connectivity index (χ3v) is 2.98. The summed E-state index contributed by atoms with van der Waals surface area (Å²) < 4.78 is 37.8. The van der Waals surface area contributed by atoms with E-state index in [0.29, 0.717) is 6.07 Å². The Morgan fingerprint density at radius 3 is 2.40 bits per heavy atom. The second-order valence-electron chi connectivity index (χ2n) is 4.27. The van der Waals surface area contributed by atoms with Gasteiger partial charge in [-0.05, 0) is 11.6 Å². The smallest absolute Gasteiger partial charge is 0.416 e. The Bertz CT molecular complexity index is 597. The van der Waals surface area contributed by atoms with E-state index in [1.54, 1.807) is 0 Å². The first-order chi connectivity index (χ1) is 9.21. The van der Waals surface area contributed by atoms with Crippen LogP contribution >= 0.6 is 0 Å². The number of benzene rings is 1. The van der Waals surface area contributed by atoms with Crippen LogP contribution in [0.1, 0.15) is 17.0 Å². The lowest BCUT2D eigenvalue weighted by molar-refractivity contribution is -0.146. The summed E-state index contributed by atoms with van der Waals surface area (Å²) in [5, 5.41) is 10.7. The molecule has 0 aliphatic carbocycles. The van der Waals surface area contributed by atoms with E-state index >= 15 is 0 Å². The lowest BCUT2D eigenvalue weighted by atomic mass is 9.87. The van der Waals surface area contributed by atoms with Crippen molar-refractivity contribution < 1.29 is 32.7 Å². The van der Waals surface area contributed by atoms with Gasteiger partial charge in [0, 0.05) is 0 Å². The summed E-state index contributed by atoms with van der Waals surface area (Å²) in [6.45, 7) is 0. The van der Waals surface area contributed by atoms with Crippen molar-refractivity contribution in [2.75, 3.05) is 0 Å². The summed E-state index contributed by atoms with van der Waals surface area (Å²) in [5.41, 5.74) is -1.16. The van der Waals surface area contributed by atoms with Crippen LogP contribution < -0.4 is 5.32 Å². The lowest BCUT2D eigenvalue weighted by Gasteiger charge is -2.14. The molecule has 2 N–H and O–H groups in total. The molecule has 5 nitrogen and oxygen atoms in total. The molecule has 1 aliphatic rings. The van der Waals surface area contributed by atoms with Crippen molar-refractivity contribution in [3.05, 3.63) is 35.4 Å². The van der Waals surface area contributed by atoms with E-state index in [9.17, 15) is 27.6 Å². The highest BCUT2D eigenvalue weighted by atomic mass is 19.4. The van der Waals surface area contributed by atoms with Gasteiger partial charge in [0.2, 0.25) is 11.8 Å². The Kier molecular flexibility index (Phi) is 3.24. The van der Waals surface area contributed by atoms with Crippen LogP contribution in [0.2, 0.25) is 0 Å². The van der Waals surface area contributed by atoms with E-state index in [1.807, 2.05) is 5.32 Å². The molecule has 1 saturated heterocycles. The van der Waals surface area contributed by atoms with E-state index in [2.05, 4.69) is 0 Å². The summed E-state index contributed by atoms with van der Waals surface area (Å²) in [7, 11) is 0. The highest BCUT2D eigenvalue weighted by Gasteiger charge is 2.47. The van der Waals surface area contributed by atoms with E-state index in [-0.39, 0.29) is 5.56 Å². The maximum Gasteiger partial charge on any atom is 0.416 e. The number of amides is 2. The maximum atomic E-state index is 12.6. The van der Waals surface area contributed by atoms with E-state index in [0.717, 1.165) is 12.1 Å². The highest BCUT2D eigenvalue weighted by molar-refractivity contribution is 6.15. The van der Waals surface area contributed by atoms with Crippen LogP contribution in [0.4, 0.5) is 13.2 Å². The Morgan fingerprint density at radius 2 is 1.85 bits per heavy atom. The minimum Gasteiger partial charge on any atom is -0.481 e. The third-order valence-electron chi connectivity index (χ3n) is 2.98. The van der Waals surface area contributed by atoms with Crippen LogP contribution in [0.15, 0.2) is 24.3 Å². The van der Waals surface area contributed by atoms with Gasteiger partial charge in [-0.1, -0.05) is 18.2 Å². The molecule has 2 atom stereocenters. The fourth-order valence-electron chi connectivity index (χ4n) is 2.09. The van der Waals surface area contributed by atoms with E-state index in [4.69, 9.17) is 5.11 Å². The van der Waals surface area contributed by atoms with Gasteiger partial charge >= 0.3 is 12.1 Å². The quantitative estimate of drug-likeness (QED) is 0.631. The molecule has 2 rings (SSSR count). The lowest BCUT2D eigenvalue weighted by Crippen LogP contribution is -2.26. The average molecular weight is 287 g/mol. The van der Waals surface area contributed by atoms with E-state index in [1.165, 1.54) is 6.07 Å². The summed E-state index contributed by atoms with van der Waals surface area (Å²) in [6.07, 6.45) is -4.62. The maximum absolute atomic E-state index is 12.6. The van der Waals surface area contributed by atoms with Crippen LogP contribution in [0.3, 0.4) is 0 Å². The molecule has 0 aromatic heterocycles. The molecule has 0 saturated carbocycles. The molecule has 0 radical (unpaired) electrons. The number of halogens is 3. The molecule has 2 amide bonds. The SMILES string of the molecule is O=C(O)[C@@H]1C(=O)NC(=O)[C@H]1c1cccc(C(F)(F)F)c1. The second-order valence-corrected chi connectivity index (χ2v) is 4.27. The first-order valence-corrected chi connectivity index (χ1v) is 5.46. The first kappa shape index (κ1) is 14.0. The second kappa shape index (κ2) is 4.62. The van der Waals surface area contributed by atoms with E-state index < -0.39 is 41.4 Å². The fraction of sp³-hybridized carbons (Fsp3) is 0.250. The number of hydrogen-bond donors (Lipinski definition) is 2. The molecule has 1 aliphatic heterocycles. The number of rotatable bonds is 2. The number of carboxylic acid groups (broad SMARTS) is 1. The summed E-state index contributed by atoms with van der Waals surface area (Å²) in [6, 6.07) is 3.73. The zero-order chi connectivity index (χ0) is 15.1. The summed E-state index contributed by atoms with van der Waals surface area (Å²) in [5.74, 6) is -6.67. The molecule has 0 unspecified atom stereocenters. The Morgan fingerprint density at radius 1 is 1.20 bits per heavy atom. The van der Waals surface area contributed by atoms with Gasteiger partial charge in [0.05, 0.1) is 11.5 Å². The van der Waals surface area contributed by atoms with Crippen LogP contribution in [0.25, 0.3) is 0 Å². The average Bonchev–Trinajstić information content (AvgIpc) is 2.63. The largest absolute Gasteiger partial charge is 0.481 e. The fourth-order valence-corrected chi connectivity index (χ4v) is 2.09. The summed E-state index contributed by atoms with van der Waals surface area (Å²) >= 11 is 0. The predicted molar refractivity (Wildman–Crippen MR) is 58.5 cm³/mol. The zero-order valence-corrected chi connectivity index (χ0v) is 9.77. The van der Waals surface area contributed by atoms with Crippen molar-refractivity contribution in [3.8, 4) is 0 Å². The number of imide groups is 1. The molecular formula is C12H8F3NO4. The van der Waals surface area contributed by atoms with Crippen LogP contribution in [0.5, 0.6) is 0 Å². The minimum atomic E-state index is -4.62. The van der Waals surface area contributed by atoms with Crippen molar-refractivity contribution in [1.82, 2.24) is 5.32 Å². The minimum absolute atomic E-state index is 0.157. The molecule has 0 bridgehead atoms. The van der Waals surface area contributed by atoms with Crippen molar-refractivity contribution in [1.29, 1.82) is 0 Å². The molecule has 1 aromatic rings. The number of hydrogen-bond acceptors (Lipinski definition) is 3. The van der Waals surface area contributed by atoms with Gasteiger partial charge in [-0.2, -0.15) is 13.2 Å². The number of carbonyl (C=O) groups excluding carboxylic acids is 2. The van der Waals surface area contributed by atoms with Gasteiger partial charge in [0.1, 0.15) is 0 Å². The van der Waals surface area contributed by atoms with Gasteiger partial charge in [-0.3, -0.25) is 19.7 Å². The molecule has 1 fully saturated rings. The Labute approximate surface area is 110 Å². The number of alkyl halides is 3. The Hall–Kier alpha value is -2.38. The van der Waals surface area contributed by atoms with Crippen LogP contribution in [0, 0.1) is 5.92 Å². The topological polar surface area (TPSA) is 83.5 Å². The van der Waals surface area contributed by atoms with Crippen LogP contribution in [-0.4, -0.2) is 22.9 Å². The molecule has 106 valence electrons. The molecule has 1 heterocycles. The molecule has 20 heavy (non-hydrogen) atoms. The van der Waals surface area contributed by atoms with Crippen molar-refractivity contribution >= 4 is 17.8 Å². The van der Waals surface area contributed by atoms with Gasteiger partial charge in [0.25, 0.3) is 0 Å². The third kappa shape index (κ3) is 2.36. The normalized spacial score (nSPS) is 22.8. The van der Waals surface area contributed by atoms with Gasteiger partial charge in [0.15, 0.2) is 5.92 Å². The highest BCUT2D eigenvalue weighted by Crippen LogP contribution is 2.35. The number of nitrogens with one attached hydrogen (secondary N) is 1. The Balaban J connectivity index is 2.47. The monoisotopic (exact) mass is 287 g/mol. The van der Waals surface area contributed by atoms with Gasteiger partial charge in [-0.15, -0.1) is 0 Å². The van der Waals surface area contributed by atoms with Crippen molar-refractivity contribution in [2.45, 2.75) is 12.1 Å². The molecular weight excluding hydrogens is 279 g/mol. The number of carboxylic acids is 1. The number of carbonyl (C=O) groups is 3. The van der Waals surface area contributed by atoms with Gasteiger partial charge in [-0.25, -0.2) is 0 Å².